The fourth-order valence-electron chi connectivity index (χ4n) is 3.78. The van der Waals surface area contributed by atoms with Crippen LogP contribution < -0.4 is 0 Å². The molecule has 0 fully saturated rings. The van der Waals surface area contributed by atoms with Crippen LogP contribution in [0.2, 0.25) is 5.02 Å². The zero-order valence-corrected chi connectivity index (χ0v) is 19.5. The van der Waals surface area contributed by atoms with E-state index in [2.05, 4.69) is 21.6 Å². The third-order valence-corrected chi connectivity index (χ3v) is 6.81. The van der Waals surface area contributed by atoms with Crippen molar-refractivity contribution in [1.29, 1.82) is 0 Å². The van der Waals surface area contributed by atoms with Crippen molar-refractivity contribution in [3.05, 3.63) is 57.1 Å². The molecule has 168 valence electrons. The van der Waals surface area contributed by atoms with E-state index in [9.17, 15) is 9.59 Å². The van der Waals surface area contributed by atoms with Crippen molar-refractivity contribution >= 4 is 34.8 Å². The van der Waals surface area contributed by atoms with Crippen LogP contribution >= 0.6 is 22.9 Å². The van der Waals surface area contributed by atoms with E-state index in [1.54, 1.807) is 28.4 Å². The first-order chi connectivity index (χ1) is 15.5. The molecule has 0 spiro atoms. The highest BCUT2D eigenvalue weighted by Gasteiger charge is 2.23. The summed E-state index contributed by atoms with van der Waals surface area (Å²) in [6, 6.07) is 9.31. The zero-order chi connectivity index (χ0) is 22.5. The lowest BCUT2D eigenvalue weighted by molar-refractivity contribution is -0.138. The number of carbonyl (C=O) groups is 2. The van der Waals surface area contributed by atoms with E-state index in [4.69, 9.17) is 16.0 Å². The summed E-state index contributed by atoms with van der Waals surface area (Å²) in [6.07, 6.45) is 2.04. The predicted molar refractivity (Wildman–Crippen MR) is 123 cm³/mol. The van der Waals surface area contributed by atoms with E-state index >= 15 is 0 Å². The van der Waals surface area contributed by atoms with E-state index in [-0.39, 0.29) is 31.2 Å². The summed E-state index contributed by atoms with van der Waals surface area (Å²) >= 11 is 7.95. The molecule has 0 N–H and O–H groups in total. The smallest absolute Gasteiger partial charge is 0.249 e. The Kier molecular flexibility index (Phi) is 7.22. The van der Waals surface area contributed by atoms with Crippen LogP contribution in [0.4, 0.5) is 0 Å². The van der Waals surface area contributed by atoms with E-state index in [1.807, 2.05) is 24.0 Å². The van der Waals surface area contributed by atoms with Crippen molar-refractivity contribution in [1.82, 2.24) is 20.0 Å². The average Bonchev–Trinajstić information content (AvgIpc) is 3.46. The molecule has 7 nitrogen and oxygen atoms in total. The fraction of sp³-hybridized carbons (Fsp3) is 0.391. The third kappa shape index (κ3) is 5.19. The lowest BCUT2D eigenvalue weighted by Crippen LogP contribution is -2.37. The van der Waals surface area contributed by atoms with Crippen LogP contribution in [-0.2, 0) is 29.1 Å². The minimum Gasteiger partial charge on any atom is -0.419 e. The van der Waals surface area contributed by atoms with Crippen molar-refractivity contribution in [3.8, 4) is 11.5 Å². The minimum absolute atomic E-state index is 0.0189. The highest BCUT2D eigenvalue weighted by Crippen LogP contribution is 2.27. The summed E-state index contributed by atoms with van der Waals surface area (Å²) in [5.41, 5.74) is 1.88. The molecule has 0 aliphatic carbocycles. The maximum atomic E-state index is 12.9. The van der Waals surface area contributed by atoms with Crippen molar-refractivity contribution in [2.24, 2.45) is 0 Å². The summed E-state index contributed by atoms with van der Waals surface area (Å²) in [6.45, 7) is 4.11. The van der Waals surface area contributed by atoms with Gasteiger partial charge in [-0.05, 0) is 42.0 Å². The number of benzene rings is 1. The van der Waals surface area contributed by atoms with Gasteiger partial charge in [0, 0.05) is 37.4 Å². The molecule has 0 bridgehead atoms. The first kappa shape index (κ1) is 22.5. The number of halogens is 1. The number of nitrogens with zero attached hydrogens (tertiary/aromatic N) is 4. The monoisotopic (exact) mass is 472 g/mol. The van der Waals surface area contributed by atoms with Gasteiger partial charge in [0.15, 0.2) is 0 Å². The van der Waals surface area contributed by atoms with Gasteiger partial charge in [-0.1, -0.05) is 30.7 Å². The van der Waals surface area contributed by atoms with Crippen LogP contribution in [0.5, 0.6) is 0 Å². The third-order valence-electron chi connectivity index (χ3n) is 5.46. The van der Waals surface area contributed by atoms with E-state index < -0.39 is 0 Å². The first-order valence-corrected chi connectivity index (χ1v) is 12.0. The van der Waals surface area contributed by atoms with Gasteiger partial charge in [-0.25, -0.2) is 0 Å². The first-order valence-electron chi connectivity index (χ1n) is 10.7. The molecule has 4 rings (SSSR count). The maximum Gasteiger partial charge on any atom is 0.249 e. The van der Waals surface area contributed by atoms with Gasteiger partial charge >= 0.3 is 0 Å². The minimum atomic E-state index is -0.0917. The predicted octanol–water partition coefficient (Wildman–Crippen LogP) is 4.56. The largest absolute Gasteiger partial charge is 0.419 e. The van der Waals surface area contributed by atoms with Crippen LogP contribution in [-0.4, -0.2) is 44.9 Å². The number of carbonyl (C=O) groups excluding carboxylic acids is 2. The molecule has 1 aromatic carbocycles. The topological polar surface area (TPSA) is 79.5 Å². The molecular weight excluding hydrogens is 448 g/mol. The summed E-state index contributed by atoms with van der Waals surface area (Å²) in [7, 11) is 0. The average molecular weight is 473 g/mol. The van der Waals surface area contributed by atoms with Gasteiger partial charge in [-0.3, -0.25) is 9.59 Å². The standard InChI is InChI=1S/C23H25ClN4O3S/c1-2-11-27(15-20-25-26-23(31-20)17-5-3-4-6-18(17)24)21(29)7-8-22(30)28-12-9-19-16(14-28)10-13-32-19/h3-6,10,13H,2,7-9,11-12,14-15H2,1H3. The van der Waals surface area contributed by atoms with Gasteiger partial charge < -0.3 is 14.2 Å². The molecule has 1 aliphatic heterocycles. The van der Waals surface area contributed by atoms with E-state index in [0.717, 1.165) is 12.8 Å². The van der Waals surface area contributed by atoms with Gasteiger partial charge in [-0.15, -0.1) is 21.5 Å². The number of hydrogen-bond acceptors (Lipinski definition) is 6. The van der Waals surface area contributed by atoms with E-state index in [0.29, 0.717) is 42.0 Å². The van der Waals surface area contributed by atoms with Crippen molar-refractivity contribution < 1.29 is 14.0 Å². The summed E-state index contributed by atoms with van der Waals surface area (Å²) in [5, 5.41) is 10.7. The van der Waals surface area contributed by atoms with Crippen LogP contribution in [0.25, 0.3) is 11.5 Å². The fourth-order valence-corrected chi connectivity index (χ4v) is 4.88. The lowest BCUT2D eigenvalue weighted by atomic mass is 10.1. The summed E-state index contributed by atoms with van der Waals surface area (Å²) < 4.78 is 5.75. The molecule has 0 atom stereocenters. The second kappa shape index (κ2) is 10.3. The number of fused-ring (bicyclic) bond motifs is 1. The van der Waals surface area contributed by atoms with Crippen molar-refractivity contribution in [2.75, 3.05) is 13.1 Å². The molecule has 9 heteroatoms. The number of thiophene rings is 1. The van der Waals surface area contributed by atoms with E-state index in [1.165, 1.54) is 10.4 Å². The lowest BCUT2D eigenvalue weighted by Gasteiger charge is -2.27. The zero-order valence-electron chi connectivity index (χ0n) is 17.9. The SMILES string of the molecule is CCCN(Cc1nnc(-c2ccccc2Cl)o1)C(=O)CCC(=O)N1CCc2sccc2C1. The number of rotatable bonds is 8. The molecule has 2 amide bonds. The Labute approximate surface area is 196 Å². The highest BCUT2D eigenvalue weighted by molar-refractivity contribution is 7.10. The molecule has 3 heterocycles. The Morgan fingerprint density at radius 3 is 2.88 bits per heavy atom. The van der Waals surface area contributed by atoms with Gasteiger partial charge in [0.1, 0.15) is 0 Å². The highest BCUT2D eigenvalue weighted by atomic mass is 35.5. The number of amides is 2. The molecule has 1 aliphatic rings. The van der Waals surface area contributed by atoms with Gasteiger partial charge in [0.25, 0.3) is 0 Å². The molecular formula is C23H25ClN4O3S. The van der Waals surface area contributed by atoms with Gasteiger partial charge in [0.2, 0.25) is 23.6 Å². The molecule has 32 heavy (non-hydrogen) atoms. The molecule has 0 saturated carbocycles. The second-order valence-corrected chi connectivity index (χ2v) is 9.14. The van der Waals surface area contributed by atoms with Crippen molar-refractivity contribution in [3.63, 3.8) is 0 Å². The van der Waals surface area contributed by atoms with Gasteiger partial charge in [-0.2, -0.15) is 0 Å². The Hall–Kier alpha value is -2.71. The Morgan fingerprint density at radius 2 is 2.06 bits per heavy atom. The summed E-state index contributed by atoms with van der Waals surface area (Å²) in [5.74, 6) is 0.591. The normalized spacial score (nSPS) is 13.1. The van der Waals surface area contributed by atoms with Crippen LogP contribution in [0, 0.1) is 0 Å². The maximum absolute atomic E-state index is 12.9. The quantitative estimate of drug-likeness (QED) is 0.480. The van der Waals surface area contributed by atoms with Gasteiger partial charge in [0.05, 0.1) is 17.1 Å². The molecule has 2 aromatic heterocycles. The molecule has 0 saturated heterocycles. The number of hydrogen-bond donors (Lipinski definition) is 0. The van der Waals surface area contributed by atoms with Crippen LogP contribution in [0.15, 0.2) is 40.1 Å². The Morgan fingerprint density at radius 1 is 1.22 bits per heavy atom. The molecule has 0 radical (unpaired) electrons. The molecule has 3 aromatic rings. The molecule has 0 unspecified atom stereocenters. The summed E-state index contributed by atoms with van der Waals surface area (Å²) in [4.78, 5) is 30.4. The number of aromatic nitrogens is 2. The van der Waals surface area contributed by atoms with Crippen molar-refractivity contribution in [2.45, 2.75) is 45.7 Å². The Bertz CT molecular complexity index is 1100. The van der Waals surface area contributed by atoms with Crippen LogP contribution in [0.1, 0.15) is 42.5 Å². The van der Waals surface area contributed by atoms with Crippen LogP contribution in [0.3, 0.4) is 0 Å². The second-order valence-electron chi connectivity index (χ2n) is 7.73. The Balaban J connectivity index is 1.34.